The van der Waals surface area contributed by atoms with Crippen molar-refractivity contribution in [3.8, 4) is 0 Å². The van der Waals surface area contributed by atoms with Gasteiger partial charge < -0.3 is 15.5 Å². The van der Waals surface area contributed by atoms with Crippen LogP contribution < -0.4 is 15.5 Å². The highest BCUT2D eigenvalue weighted by atomic mass is 15.3. The van der Waals surface area contributed by atoms with Crippen molar-refractivity contribution in [3.63, 3.8) is 0 Å². The lowest BCUT2D eigenvalue weighted by atomic mass is 10.0. The van der Waals surface area contributed by atoms with Crippen molar-refractivity contribution in [2.75, 3.05) is 35.2 Å². The van der Waals surface area contributed by atoms with Crippen molar-refractivity contribution >= 4 is 33.8 Å². The third kappa shape index (κ3) is 3.29. The van der Waals surface area contributed by atoms with Crippen molar-refractivity contribution in [2.45, 2.75) is 26.7 Å². The molecule has 27 heavy (non-hydrogen) atoms. The van der Waals surface area contributed by atoms with Gasteiger partial charge in [0, 0.05) is 25.0 Å². The summed E-state index contributed by atoms with van der Waals surface area (Å²) in [4.78, 5) is 13.6. The molecular weight excluding hydrogens is 334 g/mol. The van der Waals surface area contributed by atoms with Gasteiger partial charge in [-0.05, 0) is 37.1 Å². The Bertz CT molecular complexity index is 934. The van der Waals surface area contributed by atoms with Crippen molar-refractivity contribution in [1.82, 2.24) is 9.97 Å². The highest BCUT2D eigenvalue weighted by molar-refractivity contribution is 5.97. The molecule has 1 aromatic heterocycles. The largest absolute Gasteiger partial charge is 0.393 e. The van der Waals surface area contributed by atoms with Crippen LogP contribution in [0.2, 0.25) is 0 Å². The van der Waals surface area contributed by atoms with Gasteiger partial charge in [0.1, 0.15) is 12.0 Å². The van der Waals surface area contributed by atoms with E-state index in [2.05, 4.69) is 76.1 Å². The van der Waals surface area contributed by atoms with Gasteiger partial charge in [-0.3, -0.25) is 0 Å². The molecule has 1 aliphatic heterocycles. The van der Waals surface area contributed by atoms with E-state index in [0.717, 1.165) is 37.0 Å². The van der Waals surface area contributed by atoms with Crippen LogP contribution in [0.3, 0.4) is 0 Å². The number of anilines is 4. The molecule has 0 spiro atoms. The number of rotatable bonds is 4. The normalized spacial score (nSPS) is 17.3. The molecule has 2 heterocycles. The van der Waals surface area contributed by atoms with Crippen LogP contribution in [0.15, 0.2) is 48.8 Å². The first-order chi connectivity index (χ1) is 13.2. The molecule has 1 fully saturated rings. The molecule has 0 saturated carbocycles. The Hall–Kier alpha value is -2.82. The predicted molar refractivity (Wildman–Crippen MR) is 114 cm³/mol. The Labute approximate surface area is 160 Å². The lowest BCUT2D eigenvalue weighted by molar-refractivity contribution is 0.445. The van der Waals surface area contributed by atoms with Crippen LogP contribution in [0.1, 0.15) is 26.7 Å². The van der Waals surface area contributed by atoms with Gasteiger partial charge in [0.25, 0.3) is 0 Å². The Kier molecular flexibility index (Phi) is 4.84. The van der Waals surface area contributed by atoms with E-state index >= 15 is 0 Å². The van der Waals surface area contributed by atoms with Crippen LogP contribution in [0.25, 0.3) is 10.8 Å². The minimum absolute atomic E-state index is 0.664. The fraction of sp³-hybridized carbons (Fsp3) is 0.364. The van der Waals surface area contributed by atoms with Crippen molar-refractivity contribution < 1.29 is 0 Å². The topological polar surface area (TPSA) is 58.3 Å². The number of nitrogens with zero attached hydrogens (tertiary/aromatic N) is 4. The molecule has 1 saturated heterocycles. The SMILES string of the molecule is CCN(c1ncnc(N2CCCC(C)C2)c1N)c1cccc2ccccc12. The van der Waals surface area contributed by atoms with E-state index in [1.165, 1.54) is 23.6 Å². The van der Waals surface area contributed by atoms with E-state index in [0.29, 0.717) is 11.6 Å². The smallest absolute Gasteiger partial charge is 0.161 e. The Balaban J connectivity index is 1.78. The monoisotopic (exact) mass is 361 g/mol. The second kappa shape index (κ2) is 7.43. The maximum Gasteiger partial charge on any atom is 0.161 e. The molecule has 1 unspecified atom stereocenters. The summed E-state index contributed by atoms with van der Waals surface area (Å²) in [5.74, 6) is 2.32. The van der Waals surface area contributed by atoms with Crippen molar-refractivity contribution in [3.05, 3.63) is 48.8 Å². The summed E-state index contributed by atoms with van der Waals surface area (Å²) in [6.45, 7) is 7.21. The predicted octanol–water partition coefficient (Wildman–Crippen LogP) is 4.61. The van der Waals surface area contributed by atoms with Crippen molar-refractivity contribution in [2.24, 2.45) is 5.92 Å². The number of hydrogen-bond donors (Lipinski definition) is 1. The molecule has 3 aromatic rings. The zero-order chi connectivity index (χ0) is 18.8. The number of nitrogen functional groups attached to an aromatic ring is 1. The molecule has 0 aliphatic carbocycles. The molecule has 2 N–H and O–H groups in total. The average molecular weight is 361 g/mol. The maximum atomic E-state index is 6.61. The van der Waals surface area contributed by atoms with E-state index in [1.807, 2.05) is 0 Å². The standard InChI is InChI=1S/C22H27N5/c1-3-27(19-12-6-10-17-9-4-5-11-18(17)19)22-20(23)21(24-15-25-22)26-13-7-8-16(2)14-26/h4-6,9-12,15-16H,3,7-8,13-14,23H2,1-2H3. The second-order valence-electron chi connectivity index (χ2n) is 7.37. The van der Waals surface area contributed by atoms with Crippen LogP contribution in [-0.4, -0.2) is 29.6 Å². The number of nitrogens with two attached hydrogens (primary N) is 1. The van der Waals surface area contributed by atoms with E-state index in [1.54, 1.807) is 6.33 Å². The van der Waals surface area contributed by atoms with E-state index in [9.17, 15) is 0 Å². The minimum Gasteiger partial charge on any atom is -0.393 e. The third-order valence-corrected chi connectivity index (χ3v) is 5.43. The number of aromatic nitrogens is 2. The molecule has 1 aliphatic rings. The minimum atomic E-state index is 0.664. The molecule has 1 atom stereocenters. The Morgan fingerprint density at radius 2 is 1.96 bits per heavy atom. The van der Waals surface area contributed by atoms with Crippen LogP contribution in [0, 0.1) is 5.92 Å². The van der Waals surface area contributed by atoms with Gasteiger partial charge in [0.2, 0.25) is 0 Å². The van der Waals surface area contributed by atoms with E-state index in [-0.39, 0.29) is 0 Å². The summed E-state index contributed by atoms with van der Waals surface area (Å²) in [6, 6.07) is 14.8. The number of hydrogen-bond acceptors (Lipinski definition) is 5. The zero-order valence-corrected chi connectivity index (χ0v) is 16.1. The van der Waals surface area contributed by atoms with Gasteiger partial charge in [-0.15, -0.1) is 0 Å². The number of fused-ring (bicyclic) bond motifs is 1. The quantitative estimate of drug-likeness (QED) is 0.735. The van der Waals surface area contributed by atoms with Crippen LogP contribution in [0.5, 0.6) is 0 Å². The summed E-state index contributed by atoms with van der Waals surface area (Å²) in [5, 5.41) is 2.42. The van der Waals surface area contributed by atoms with Gasteiger partial charge in [-0.25, -0.2) is 9.97 Å². The highest BCUT2D eigenvalue weighted by Crippen LogP contribution is 2.37. The number of benzene rings is 2. The summed E-state index contributed by atoms with van der Waals surface area (Å²) >= 11 is 0. The van der Waals surface area contributed by atoms with Gasteiger partial charge in [-0.1, -0.05) is 43.3 Å². The molecule has 5 heteroatoms. The van der Waals surface area contributed by atoms with Crippen LogP contribution >= 0.6 is 0 Å². The van der Waals surface area contributed by atoms with E-state index < -0.39 is 0 Å². The first-order valence-electron chi connectivity index (χ1n) is 9.79. The maximum absolute atomic E-state index is 6.61. The third-order valence-electron chi connectivity index (χ3n) is 5.43. The van der Waals surface area contributed by atoms with Gasteiger partial charge in [-0.2, -0.15) is 0 Å². The molecule has 140 valence electrons. The first kappa shape index (κ1) is 17.6. The average Bonchev–Trinajstić information content (AvgIpc) is 2.70. The second-order valence-corrected chi connectivity index (χ2v) is 7.37. The van der Waals surface area contributed by atoms with Gasteiger partial charge in [0.05, 0.1) is 5.69 Å². The zero-order valence-electron chi connectivity index (χ0n) is 16.1. The Morgan fingerprint density at radius 1 is 1.15 bits per heavy atom. The summed E-state index contributed by atoms with van der Waals surface area (Å²) in [6.07, 6.45) is 4.10. The van der Waals surface area contributed by atoms with E-state index in [4.69, 9.17) is 5.73 Å². The molecule has 0 bridgehead atoms. The van der Waals surface area contributed by atoms with Crippen LogP contribution in [0.4, 0.5) is 23.0 Å². The summed E-state index contributed by atoms with van der Waals surface area (Å²) in [5.41, 5.74) is 8.40. The summed E-state index contributed by atoms with van der Waals surface area (Å²) < 4.78 is 0. The molecule has 2 aromatic carbocycles. The molecule has 0 radical (unpaired) electrons. The lowest BCUT2D eigenvalue weighted by Gasteiger charge is -2.33. The Morgan fingerprint density at radius 3 is 2.78 bits per heavy atom. The van der Waals surface area contributed by atoms with Gasteiger partial charge in [0.15, 0.2) is 11.6 Å². The fourth-order valence-corrected chi connectivity index (χ4v) is 4.10. The van der Waals surface area contributed by atoms with Crippen LogP contribution in [-0.2, 0) is 0 Å². The number of piperidine rings is 1. The van der Waals surface area contributed by atoms with Crippen molar-refractivity contribution in [1.29, 1.82) is 0 Å². The fourth-order valence-electron chi connectivity index (χ4n) is 4.10. The molecule has 0 amide bonds. The molecular formula is C22H27N5. The molecule has 5 nitrogen and oxygen atoms in total. The first-order valence-corrected chi connectivity index (χ1v) is 9.79. The van der Waals surface area contributed by atoms with Gasteiger partial charge >= 0.3 is 0 Å². The lowest BCUT2D eigenvalue weighted by Crippen LogP contribution is -2.35. The molecule has 4 rings (SSSR count). The highest BCUT2D eigenvalue weighted by Gasteiger charge is 2.23. The summed E-state index contributed by atoms with van der Waals surface area (Å²) in [7, 11) is 0.